The van der Waals surface area contributed by atoms with E-state index in [1.54, 1.807) is 0 Å². The molecule has 2 heterocycles. The smallest absolute Gasteiger partial charge is 0.0547 e. The maximum absolute atomic E-state index is 2.46. The molecule has 45 heavy (non-hydrogen) atoms. The molecule has 0 radical (unpaired) electrons. The molecule has 212 valence electrons. The van der Waals surface area contributed by atoms with Gasteiger partial charge in [0.05, 0.1) is 22.1 Å². The number of fused-ring (bicyclic) bond motifs is 10. The molecular formula is C43H30N2. The summed E-state index contributed by atoms with van der Waals surface area (Å²) in [5.74, 6) is 0. The highest BCUT2D eigenvalue weighted by molar-refractivity contribution is 6.15. The van der Waals surface area contributed by atoms with Gasteiger partial charge in [-0.15, -0.1) is 0 Å². The average molecular weight is 575 g/mol. The number of hydrogen-bond donors (Lipinski definition) is 0. The predicted octanol–water partition coefficient (Wildman–Crippen LogP) is 11.3. The SMILES string of the molecule is CC1(C)c2ccccc2-c2cc3cc4c(cc3cc21)c1ccccc1n4-c1ccc2c(c1)c1ccccc1n2-c1ccccc1. The van der Waals surface area contributed by atoms with Crippen LogP contribution in [0.1, 0.15) is 25.0 Å². The Morgan fingerprint density at radius 3 is 1.76 bits per heavy atom. The maximum atomic E-state index is 2.46. The van der Waals surface area contributed by atoms with Crippen LogP contribution in [0.25, 0.3) is 76.9 Å². The fraction of sp³-hybridized carbons (Fsp3) is 0.0698. The molecule has 1 aliphatic carbocycles. The lowest BCUT2D eigenvalue weighted by Crippen LogP contribution is -2.14. The van der Waals surface area contributed by atoms with Crippen molar-refractivity contribution in [3.8, 4) is 22.5 Å². The lowest BCUT2D eigenvalue weighted by atomic mass is 9.82. The molecule has 0 amide bonds. The van der Waals surface area contributed by atoms with Crippen LogP contribution >= 0.6 is 0 Å². The Morgan fingerprint density at radius 1 is 0.378 bits per heavy atom. The Bertz CT molecular complexity index is 2670. The van der Waals surface area contributed by atoms with Gasteiger partial charge in [0, 0.05) is 38.3 Å². The highest BCUT2D eigenvalue weighted by Crippen LogP contribution is 2.50. The van der Waals surface area contributed by atoms with E-state index in [9.17, 15) is 0 Å². The van der Waals surface area contributed by atoms with Gasteiger partial charge in [0.2, 0.25) is 0 Å². The molecule has 0 bridgehead atoms. The maximum Gasteiger partial charge on any atom is 0.0547 e. The highest BCUT2D eigenvalue weighted by Gasteiger charge is 2.35. The second-order valence-electron chi connectivity index (χ2n) is 13.0. The average Bonchev–Trinajstić information content (AvgIpc) is 3.66. The quantitative estimate of drug-likeness (QED) is 0.194. The summed E-state index contributed by atoms with van der Waals surface area (Å²) in [6.45, 7) is 4.72. The van der Waals surface area contributed by atoms with Gasteiger partial charge in [0.1, 0.15) is 0 Å². The van der Waals surface area contributed by atoms with Gasteiger partial charge in [-0.05, 0) is 99.8 Å². The van der Waals surface area contributed by atoms with Crippen molar-refractivity contribution < 1.29 is 0 Å². The first-order valence-corrected chi connectivity index (χ1v) is 15.8. The van der Waals surface area contributed by atoms with Crippen LogP contribution in [0.5, 0.6) is 0 Å². The van der Waals surface area contributed by atoms with E-state index >= 15 is 0 Å². The van der Waals surface area contributed by atoms with E-state index in [1.807, 2.05) is 0 Å². The molecule has 1 aliphatic rings. The second-order valence-corrected chi connectivity index (χ2v) is 13.0. The molecule has 0 N–H and O–H groups in total. The van der Waals surface area contributed by atoms with Gasteiger partial charge in [-0.25, -0.2) is 0 Å². The molecule has 0 atom stereocenters. The van der Waals surface area contributed by atoms with Crippen LogP contribution < -0.4 is 0 Å². The first-order valence-electron chi connectivity index (χ1n) is 15.8. The van der Waals surface area contributed by atoms with E-state index in [0.717, 1.165) is 0 Å². The number of aromatic nitrogens is 2. The van der Waals surface area contributed by atoms with Crippen LogP contribution in [-0.4, -0.2) is 9.13 Å². The Morgan fingerprint density at radius 2 is 0.978 bits per heavy atom. The van der Waals surface area contributed by atoms with Crippen molar-refractivity contribution in [2.45, 2.75) is 19.3 Å². The summed E-state index contributed by atoms with van der Waals surface area (Å²) in [6, 6.07) is 53.9. The summed E-state index contributed by atoms with van der Waals surface area (Å²) in [5.41, 5.74) is 12.8. The Labute approximate surface area is 261 Å². The number of benzene rings is 7. The predicted molar refractivity (Wildman–Crippen MR) is 190 cm³/mol. The lowest BCUT2D eigenvalue weighted by Gasteiger charge is -2.21. The second kappa shape index (κ2) is 8.74. The Kier molecular flexibility index (Phi) is 4.82. The van der Waals surface area contributed by atoms with E-state index < -0.39 is 0 Å². The van der Waals surface area contributed by atoms with Crippen molar-refractivity contribution in [3.05, 3.63) is 157 Å². The first kappa shape index (κ1) is 24.8. The van der Waals surface area contributed by atoms with Crippen molar-refractivity contribution in [1.82, 2.24) is 9.13 Å². The summed E-state index contributed by atoms with van der Waals surface area (Å²) in [4.78, 5) is 0. The van der Waals surface area contributed by atoms with Crippen molar-refractivity contribution in [2.75, 3.05) is 0 Å². The van der Waals surface area contributed by atoms with Crippen LogP contribution in [0.3, 0.4) is 0 Å². The topological polar surface area (TPSA) is 9.86 Å². The van der Waals surface area contributed by atoms with Gasteiger partial charge in [-0.1, -0.05) is 92.7 Å². The molecule has 0 spiro atoms. The molecule has 0 saturated heterocycles. The molecule has 0 fully saturated rings. The van der Waals surface area contributed by atoms with E-state index in [4.69, 9.17) is 0 Å². The van der Waals surface area contributed by atoms with E-state index in [-0.39, 0.29) is 5.41 Å². The minimum absolute atomic E-state index is 0.0165. The van der Waals surface area contributed by atoms with Gasteiger partial charge in [0.15, 0.2) is 0 Å². The third-order valence-corrected chi connectivity index (χ3v) is 10.3. The molecule has 2 nitrogen and oxygen atoms in total. The zero-order valence-electron chi connectivity index (χ0n) is 25.3. The molecule has 0 unspecified atom stereocenters. The van der Waals surface area contributed by atoms with E-state index in [0.29, 0.717) is 0 Å². The highest BCUT2D eigenvalue weighted by atomic mass is 15.0. The van der Waals surface area contributed by atoms with Gasteiger partial charge in [0.25, 0.3) is 0 Å². The Hall–Kier alpha value is -5.60. The summed E-state index contributed by atoms with van der Waals surface area (Å²) >= 11 is 0. The van der Waals surface area contributed by atoms with Crippen molar-refractivity contribution >= 4 is 54.4 Å². The van der Waals surface area contributed by atoms with Crippen LogP contribution in [0.2, 0.25) is 0 Å². The number of hydrogen-bond acceptors (Lipinski definition) is 0. The van der Waals surface area contributed by atoms with Gasteiger partial charge >= 0.3 is 0 Å². The third kappa shape index (κ3) is 3.29. The van der Waals surface area contributed by atoms with Crippen LogP contribution in [0.4, 0.5) is 0 Å². The summed E-state index contributed by atoms with van der Waals surface area (Å²) in [5, 5.41) is 7.67. The monoisotopic (exact) mass is 574 g/mol. The number of para-hydroxylation sites is 3. The molecule has 9 aromatic rings. The van der Waals surface area contributed by atoms with Crippen molar-refractivity contribution in [2.24, 2.45) is 0 Å². The zero-order chi connectivity index (χ0) is 29.9. The van der Waals surface area contributed by atoms with E-state index in [1.165, 1.54) is 88.0 Å². The molecule has 10 rings (SSSR count). The molecule has 2 aromatic heterocycles. The normalized spacial score (nSPS) is 13.7. The largest absolute Gasteiger partial charge is 0.309 e. The zero-order valence-corrected chi connectivity index (χ0v) is 25.3. The van der Waals surface area contributed by atoms with Crippen LogP contribution in [-0.2, 0) is 5.41 Å². The first-order chi connectivity index (χ1) is 22.1. The summed E-state index contributed by atoms with van der Waals surface area (Å²) in [7, 11) is 0. The molecule has 0 aliphatic heterocycles. The Balaban J connectivity index is 1.27. The fourth-order valence-corrected chi connectivity index (χ4v) is 8.15. The fourth-order valence-electron chi connectivity index (χ4n) is 8.15. The van der Waals surface area contributed by atoms with Gasteiger partial charge < -0.3 is 9.13 Å². The summed E-state index contributed by atoms with van der Waals surface area (Å²) in [6.07, 6.45) is 0. The standard InChI is InChI=1S/C43H30N2/c1-43(2)37-17-9-6-14-31(37)34-22-28-25-42-35(23-27(28)24-38(34)43)32-15-7-11-19-40(32)45(42)30-20-21-41-36(26-30)33-16-8-10-18-39(33)44(41)29-12-4-3-5-13-29/h3-26H,1-2H3. The minimum atomic E-state index is -0.0165. The molecular weight excluding hydrogens is 544 g/mol. The summed E-state index contributed by atoms with van der Waals surface area (Å²) < 4.78 is 4.84. The molecule has 2 heteroatoms. The third-order valence-electron chi connectivity index (χ3n) is 10.3. The molecule has 7 aromatic carbocycles. The van der Waals surface area contributed by atoms with Crippen molar-refractivity contribution in [1.29, 1.82) is 0 Å². The minimum Gasteiger partial charge on any atom is -0.309 e. The van der Waals surface area contributed by atoms with E-state index in [2.05, 4.69) is 169 Å². The van der Waals surface area contributed by atoms with Crippen LogP contribution in [0, 0.1) is 0 Å². The van der Waals surface area contributed by atoms with Crippen LogP contribution in [0.15, 0.2) is 146 Å². The number of rotatable bonds is 2. The van der Waals surface area contributed by atoms with Gasteiger partial charge in [-0.2, -0.15) is 0 Å². The number of nitrogens with zero attached hydrogens (tertiary/aromatic N) is 2. The molecule has 0 saturated carbocycles. The van der Waals surface area contributed by atoms with Gasteiger partial charge in [-0.3, -0.25) is 0 Å². The lowest BCUT2D eigenvalue weighted by molar-refractivity contribution is 0.661. The van der Waals surface area contributed by atoms with Crippen molar-refractivity contribution in [3.63, 3.8) is 0 Å².